The molecule has 110 valence electrons. The fourth-order valence-corrected chi connectivity index (χ4v) is 1.96. The van der Waals surface area contributed by atoms with Crippen LogP contribution in [0.1, 0.15) is 15.9 Å². The van der Waals surface area contributed by atoms with Gasteiger partial charge in [0.1, 0.15) is 11.6 Å². The number of carbonyl (C=O) groups is 1. The molecule has 3 nitrogen and oxygen atoms in total. The van der Waals surface area contributed by atoms with Gasteiger partial charge in [0.25, 0.3) is 0 Å². The number of methoxy groups -OCH3 is 1. The third kappa shape index (κ3) is 3.70. The molecule has 2 aromatic carbocycles. The van der Waals surface area contributed by atoms with Crippen molar-refractivity contribution >= 4 is 23.3 Å². The van der Waals surface area contributed by atoms with Crippen molar-refractivity contribution in [2.24, 2.45) is 0 Å². The summed E-state index contributed by atoms with van der Waals surface area (Å²) in [5.74, 6) is -1.60. The van der Waals surface area contributed by atoms with Crippen LogP contribution in [0.3, 0.4) is 0 Å². The minimum atomic E-state index is -0.603. The van der Waals surface area contributed by atoms with Crippen molar-refractivity contribution in [1.29, 1.82) is 0 Å². The van der Waals surface area contributed by atoms with Gasteiger partial charge in [-0.15, -0.1) is 0 Å². The molecule has 0 atom stereocenters. The van der Waals surface area contributed by atoms with Gasteiger partial charge in [0.2, 0.25) is 0 Å². The highest BCUT2D eigenvalue weighted by Gasteiger charge is 2.13. The molecule has 0 saturated carbocycles. The van der Waals surface area contributed by atoms with Crippen LogP contribution < -0.4 is 5.32 Å². The van der Waals surface area contributed by atoms with Crippen molar-refractivity contribution in [3.05, 3.63) is 64.2 Å². The first-order valence-corrected chi connectivity index (χ1v) is 6.44. The van der Waals surface area contributed by atoms with E-state index in [9.17, 15) is 13.6 Å². The summed E-state index contributed by atoms with van der Waals surface area (Å²) >= 11 is 5.67. The maximum Gasteiger partial charge on any atom is 0.339 e. The molecule has 21 heavy (non-hydrogen) atoms. The average Bonchev–Trinajstić information content (AvgIpc) is 2.45. The van der Waals surface area contributed by atoms with E-state index in [-0.39, 0.29) is 22.8 Å². The molecule has 0 aliphatic rings. The Morgan fingerprint density at radius 2 is 2.00 bits per heavy atom. The van der Waals surface area contributed by atoms with Gasteiger partial charge < -0.3 is 10.1 Å². The summed E-state index contributed by atoms with van der Waals surface area (Å²) in [5.41, 5.74) is 0.754. The lowest BCUT2D eigenvalue weighted by atomic mass is 10.1. The van der Waals surface area contributed by atoms with Crippen LogP contribution in [0.5, 0.6) is 0 Å². The third-order valence-electron chi connectivity index (χ3n) is 2.87. The van der Waals surface area contributed by atoms with E-state index in [0.717, 1.165) is 12.1 Å². The topological polar surface area (TPSA) is 38.3 Å². The Morgan fingerprint density at radius 1 is 1.24 bits per heavy atom. The van der Waals surface area contributed by atoms with Crippen LogP contribution in [0.15, 0.2) is 36.4 Å². The SMILES string of the molecule is COC(=O)c1ccc(F)cc1NCc1ccc(Cl)cc1F. The zero-order valence-corrected chi connectivity index (χ0v) is 11.9. The van der Waals surface area contributed by atoms with Crippen molar-refractivity contribution < 1.29 is 18.3 Å². The highest BCUT2D eigenvalue weighted by Crippen LogP contribution is 2.21. The predicted molar refractivity (Wildman–Crippen MR) is 76.5 cm³/mol. The van der Waals surface area contributed by atoms with E-state index in [1.54, 1.807) is 6.07 Å². The van der Waals surface area contributed by atoms with Gasteiger partial charge in [-0.1, -0.05) is 17.7 Å². The largest absolute Gasteiger partial charge is 0.465 e. The van der Waals surface area contributed by atoms with E-state index in [4.69, 9.17) is 11.6 Å². The fourth-order valence-electron chi connectivity index (χ4n) is 1.81. The highest BCUT2D eigenvalue weighted by molar-refractivity contribution is 6.30. The zero-order chi connectivity index (χ0) is 15.4. The molecule has 2 rings (SSSR count). The Balaban J connectivity index is 2.23. The number of halogens is 3. The number of hydrogen-bond acceptors (Lipinski definition) is 3. The summed E-state index contributed by atoms with van der Waals surface area (Å²) in [6, 6.07) is 7.86. The molecule has 0 aliphatic carbocycles. The van der Waals surface area contributed by atoms with Crippen molar-refractivity contribution in [2.45, 2.75) is 6.54 Å². The predicted octanol–water partition coefficient (Wildman–Crippen LogP) is 4.02. The molecule has 1 N–H and O–H groups in total. The maximum absolute atomic E-state index is 13.7. The van der Waals surface area contributed by atoms with Crippen molar-refractivity contribution in [3.63, 3.8) is 0 Å². The lowest BCUT2D eigenvalue weighted by Crippen LogP contribution is -2.09. The van der Waals surface area contributed by atoms with Crippen LogP contribution in [0.2, 0.25) is 5.02 Å². The summed E-state index contributed by atoms with van der Waals surface area (Å²) in [4.78, 5) is 11.6. The first kappa shape index (κ1) is 15.3. The Hall–Kier alpha value is -2.14. The monoisotopic (exact) mass is 311 g/mol. The van der Waals surface area contributed by atoms with Gasteiger partial charge in [-0.2, -0.15) is 0 Å². The first-order valence-electron chi connectivity index (χ1n) is 6.07. The van der Waals surface area contributed by atoms with Crippen molar-refractivity contribution in [3.8, 4) is 0 Å². The number of benzene rings is 2. The van der Waals surface area contributed by atoms with Crippen molar-refractivity contribution in [2.75, 3.05) is 12.4 Å². The number of rotatable bonds is 4. The minimum Gasteiger partial charge on any atom is -0.465 e. The molecule has 0 heterocycles. The summed E-state index contributed by atoms with van der Waals surface area (Å²) in [7, 11) is 1.23. The van der Waals surface area contributed by atoms with Gasteiger partial charge in [0.05, 0.1) is 18.4 Å². The molecule has 0 radical (unpaired) electrons. The number of carbonyl (C=O) groups excluding carboxylic acids is 1. The van der Waals surface area contributed by atoms with Crippen LogP contribution >= 0.6 is 11.6 Å². The van der Waals surface area contributed by atoms with E-state index >= 15 is 0 Å². The van der Waals surface area contributed by atoms with E-state index in [1.165, 1.54) is 25.3 Å². The number of nitrogens with one attached hydrogen (secondary N) is 1. The smallest absolute Gasteiger partial charge is 0.339 e. The third-order valence-corrected chi connectivity index (χ3v) is 3.11. The molecule has 0 aromatic heterocycles. The molecule has 0 saturated heterocycles. The van der Waals surface area contributed by atoms with Crippen LogP contribution in [-0.2, 0) is 11.3 Å². The second kappa shape index (κ2) is 6.54. The van der Waals surface area contributed by atoms with Crippen LogP contribution in [0, 0.1) is 11.6 Å². The van der Waals surface area contributed by atoms with Crippen molar-refractivity contribution in [1.82, 2.24) is 0 Å². The van der Waals surface area contributed by atoms with Gasteiger partial charge in [-0.3, -0.25) is 0 Å². The number of esters is 1. The molecule has 0 amide bonds. The van der Waals surface area contributed by atoms with Crippen LogP contribution in [-0.4, -0.2) is 13.1 Å². The Labute approximate surface area is 125 Å². The van der Waals surface area contributed by atoms with Crippen LogP contribution in [0.25, 0.3) is 0 Å². The molecular formula is C15H12ClF2NO2. The molecule has 2 aromatic rings. The second-order valence-corrected chi connectivity index (χ2v) is 4.71. The molecule has 0 unspecified atom stereocenters. The maximum atomic E-state index is 13.7. The number of anilines is 1. The van der Waals surface area contributed by atoms with E-state index in [0.29, 0.717) is 5.56 Å². The Morgan fingerprint density at radius 3 is 2.67 bits per heavy atom. The lowest BCUT2D eigenvalue weighted by molar-refractivity contribution is 0.0602. The molecule has 0 spiro atoms. The zero-order valence-electron chi connectivity index (χ0n) is 11.1. The van der Waals surface area contributed by atoms with Gasteiger partial charge in [-0.05, 0) is 30.3 Å². The first-order chi connectivity index (χ1) is 10.0. The van der Waals surface area contributed by atoms with Gasteiger partial charge >= 0.3 is 5.97 Å². The molecule has 0 aliphatic heterocycles. The van der Waals surface area contributed by atoms with Gasteiger partial charge in [-0.25, -0.2) is 13.6 Å². The lowest BCUT2D eigenvalue weighted by Gasteiger charge is -2.11. The van der Waals surface area contributed by atoms with E-state index in [1.807, 2.05) is 0 Å². The quantitative estimate of drug-likeness (QED) is 0.867. The summed E-state index contributed by atoms with van der Waals surface area (Å²) in [6.45, 7) is 0.0798. The number of ether oxygens (including phenoxy) is 1. The fraction of sp³-hybridized carbons (Fsp3) is 0.133. The highest BCUT2D eigenvalue weighted by atomic mass is 35.5. The molecule has 0 bridgehead atoms. The summed E-state index contributed by atoms with van der Waals surface area (Å²) < 4.78 is 31.6. The molecule has 0 fully saturated rings. The van der Waals surface area contributed by atoms with Crippen LogP contribution in [0.4, 0.5) is 14.5 Å². The van der Waals surface area contributed by atoms with E-state index in [2.05, 4.69) is 10.1 Å². The number of hydrogen-bond donors (Lipinski definition) is 1. The Kier molecular flexibility index (Phi) is 4.75. The van der Waals surface area contributed by atoms with Gasteiger partial charge in [0.15, 0.2) is 0 Å². The molecular weight excluding hydrogens is 300 g/mol. The normalized spacial score (nSPS) is 10.3. The standard InChI is InChI=1S/C15H12ClF2NO2/c1-21-15(20)12-5-4-11(17)7-14(12)19-8-9-2-3-10(16)6-13(9)18/h2-7,19H,8H2,1H3. The second-order valence-electron chi connectivity index (χ2n) is 4.27. The summed E-state index contributed by atoms with van der Waals surface area (Å²) in [6.07, 6.45) is 0. The Bertz CT molecular complexity index is 677. The van der Waals surface area contributed by atoms with E-state index < -0.39 is 17.6 Å². The minimum absolute atomic E-state index is 0.0798. The van der Waals surface area contributed by atoms with Gasteiger partial charge in [0, 0.05) is 17.1 Å². The average molecular weight is 312 g/mol. The summed E-state index contributed by atoms with van der Waals surface area (Å²) in [5, 5.41) is 3.11. The molecule has 6 heteroatoms.